The molecule has 1 aromatic heterocycles. The van der Waals surface area contributed by atoms with Crippen molar-refractivity contribution in [3.8, 4) is 0 Å². The molecule has 18 heavy (non-hydrogen) atoms. The van der Waals surface area contributed by atoms with Crippen molar-refractivity contribution in [2.45, 2.75) is 83.0 Å². The van der Waals surface area contributed by atoms with Gasteiger partial charge in [-0.25, -0.2) is 4.98 Å². The van der Waals surface area contributed by atoms with Crippen LogP contribution >= 0.6 is 0 Å². The Labute approximate surface area is 111 Å². The molecule has 1 heterocycles. The van der Waals surface area contributed by atoms with E-state index in [2.05, 4.69) is 11.9 Å². The number of nitrogens with zero attached hydrogens (tertiary/aromatic N) is 1. The molecule has 1 aromatic rings. The number of nitrogens with one attached hydrogen (secondary N) is 1. The molecule has 1 saturated carbocycles. The van der Waals surface area contributed by atoms with Gasteiger partial charge in [0.05, 0.1) is 5.69 Å². The highest BCUT2D eigenvalue weighted by molar-refractivity contribution is 5.22. The van der Waals surface area contributed by atoms with Gasteiger partial charge in [0.1, 0.15) is 5.82 Å². The number of hydrogen-bond acceptors (Lipinski definition) is 1. The van der Waals surface area contributed by atoms with E-state index in [1.807, 2.05) is 0 Å². The summed E-state index contributed by atoms with van der Waals surface area (Å²) in [5, 5.41) is 0. The van der Waals surface area contributed by atoms with E-state index in [0.29, 0.717) is 11.8 Å². The number of rotatable bonds is 1. The van der Waals surface area contributed by atoms with Gasteiger partial charge in [-0.1, -0.05) is 39.0 Å². The molecule has 0 aromatic carbocycles. The van der Waals surface area contributed by atoms with E-state index in [9.17, 15) is 0 Å². The van der Waals surface area contributed by atoms with Gasteiger partial charge in [0, 0.05) is 17.5 Å². The zero-order valence-corrected chi connectivity index (χ0v) is 11.7. The van der Waals surface area contributed by atoms with E-state index in [-0.39, 0.29) is 0 Å². The maximum absolute atomic E-state index is 4.97. The summed E-state index contributed by atoms with van der Waals surface area (Å²) >= 11 is 0. The summed E-state index contributed by atoms with van der Waals surface area (Å²) in [5.74, 6) is 2.70. The van der Waals surface area contributed by atoms with Crippen LogP contribution in [-0.4, -0.2) is 9.97 Å². The largest absolute Gasteiger partial charge is 0.345 e. The zero-order chi connectivity index (χ0) is 12.4. The normalized spacial score (nSPS) is 26.4. The standard InChI is InChI=1S/C16H26N2/c1-12-8-7-11-14-15(12)18-16(17-14)13-9-5-3-2-4-6-10-13/h12-13H,2-11H2,1H3,(H,17,18). The van der Waals surface area contributed by atoms with Crippen LogP contribution in [0.2, 0.25) is 0 Å². The van der Waals surface area contributed by atoms with Crippen molar-refractivity contribution in [2.24, 2.45) is 0 Å². The first-order valence-electron chi connectivity index (χ1n) is 7.93. The van der Waals surface area contributed by atoms with E-state index in [0.717, 1.165) is 0 Å². The first-order valence-corrected chi connectivity index (χ1v) is 7.93. The Balaban J connectivity index is 1.78. The van der Waals surface area contributed by atoms with Crippen LogP contribution in [-0.2, 0) is 6.42 Å². The van der Waals surface area contributed by atoms with Crippen molar-refractivity contribution >= 4 is 0 Å². The van der Waals surface area contributed by atoms with Gasteiger partial charge in [-0.3, -0.25) is 0 Å². The summed E-state index contributed by atoms with van der Waals surface area (Å²) in [6.07, 6.45) is 13.7. The van der Waals surface area contributed by atoms with Gasteiger partial charge in [0.2, 0.25) is 0 Å². The number of aromatic nitrogens is 2. The molecule has 0 radical (unpaired) electrons. The number of aryl methyl sites for hydroxylation is 1. The minimum atomic E-state index is 0.673. The van der Waals surface area contributed by atoms with E-state index >= 15 is 0 Å². The topological polar surface area (TPSA) is 28.7 Å². The summed E-state index contributed by atoms with van der Waals surface area (Å²) in [4.78, 5) is 8.64. The summed E-state index contributed by atoms with van der Waals surface area (Å²) in [6.45, 7) is 2.33. The molecule has 0 amide bonds. The van der Waals surface area contributed by atoms with Crippen LogP contribution in [0.5, 0.6) is 0 Å². The molecule has 0 bridgehead atoms. The number of imidazole rings is 1. The van der Waals surface area contributed by atoms with Crippen LogP contribution in [0, 0.1) is 0 Å². The molecule has 1 fully saturated rings. The Bertz CT molecular complexity index is 386. The molecule has 0 saturated heterocycles. The van der Waals surface area contributed by atoms with Gasteiger partial charge < -0.3 is 4.98 Å². The number of H-pyrrole nitrogens is 1. The van der Waals surface area contributed by atoms with Gasteiger partial charge >= 0.3 is 0 Å². The Morgan fingerprint density at radius 2 is 1.67 bits per heavy atom. The minimum absolute atomic E-state index is 0.673. The average molecular weight is 246 g/mol. The highest BCUT2D eigenvalue weighted by Gasteiger charge is 2.24. The first-order chi connectivity index (χ1) is 8.84. The molecule has 1 N–H and O–H groups in total. The lowest BCUT2D eigenvalue weighted by molar-refractivity contribution is 0.443. The maximum Gasteiger partial charge on any atom is 0.109 e. The van der Waals surface area contributed by atoms with Crippen molar-refractivity contribution in [3.05, 3.63) is 17.2 Å². The molecule has 2 heteroatoms. The lowest BCUT2D eigenvalue weighted by Gasteiger charge is -2.17. The summed E-state index contributed by atoms with van der Waals surface area (Å²) in [6, 6.07) is 0. The second kappa shape index (κ2) is 5.46. The van der Waals surface area contributed by atoms with E-state index in [4.69, 9.17) is 4.98 Å². The van der Waals surface area contributed by atoms with Gasteiger partial charge in [0.25, 0.3) is 0 Å². The fourth-order valence-electron chi connectivity index (χ4n) is 3.69. The molecule has 0 spiro atoms. The van der Waals surface area contributed by atoms with Gasteiger partial charge in [-0.15, -0.1) is 0 Å². The van der Waals surface area contributed by atoms with Crippen molar-refractivity contribution in [1.29, 1.82) is 0 Å². The molecule has 1 unspecified atom stereocenters. The Morgan fingerprint density at radius 3 is 2.39 bits per heavy atom. The van der Waals surface area contributed by atoms with Crippen LogP contribution in [0.1, 0.15) is 93.8 Å². The fourth-order valence-corrected chi connectivity index (χ4v) is 3.69. The highest BCUT2D eigenvalue weighted by atomic mass is 15.0. The van der Waals surface area contributed by atoms with Crippen molar-refractivity contribution < 1.29 is 0 Å². The molecule has 1 atom stereocenters. The first kappa shape index (κ1) is 12.3. The van der Waals surface area contributed by atoms with Gasteiger partial charge in [0.15, 0.2) is 0 Å². The molecular formula is C16H26N2. The molecule has 2 nitrogen and oxygen atoms in total. The smallest absolute Gasteiger partial charge is 0.109 e. The van der Waals surface area contributed by atoms with E-state index in [1.165, 1.54) is 81.4 Å². The highest BCUT2D eigenvalue weighted by Crippen LogP contribution is 2.34. The number of aromatic amines is 1. The summed E-state index contributed by atoms with van der Waals surface area (Å²) < 4.78 is 0. The third-order valence-electron chi connectivity index (χ3n) is 4.85. The maximum atomic E-state index is 4.97. The van der Waals surface area contributed by atoms with Crippen molar-refractivity contribution in [1.82, 2.24) is 9.97 Å². The van der Waals surface area contributed by atoms with Gasteiger partial charge in [-0.2, -0.15) is 0 Å². The SMILES string of the molecule is CC1CCCc2[nH]c(C3CCCCCCC3)nc21. The van der Waals surface area contributed by atoms with Crippen LogP contribution in [0.15, 0.2) is 0 Å². The second-order valence-electron chi connectivity index (χ2n) is 6.32. The van der Waals surface area contributed by atoms with Crippen LogP contribution in [0.4, 0.5) is 0 Å². The Morgan fingerprint density at radius 1 is 0.944 bits per heavy atom. The Kier molecular flexibility index (Phi) is 3.72. The van der Waals surface area contributed by atoms with Gasteiger partial charge in [-0.05, 0) is 32.1 Å². The van der Waals surface area contributed by atoms with Crippen LogP contribution in [0.25, 0.3) is 0 Å². The molecular weight excluding hydrogens is 220 g/mol. The lowest BCUT2D eigenvalue weighted by atomic mass is 9.91. The number of hydrogen-bond donors (Lipinski definition) is 1. The van der Waals surface area contributed by atoms with Crippen LogP contribution in [0.3, 0.4) is 0 Å². The molecule has 3 rings (SSSR count). The summed E-state index contributed by atoms with van der Waals surface area (Å²) in [7, 11) is 0. The van der Waals surface area contributed by atoms with Crippen molar-refractivity contribution in [3.63, 3.8) is 0 Å². The fraction of sp³-hybridized carbons (Fsp3) is 0.812. The molecule has 0 aliphatic heterocycles. The molecule has 100 valence electrons. The summed E-state index contributed by atoms with van der Waals surface area (Å²) in [5.41, 5.74) is 2.84. The second-order valence-corrected chi connectivity index (χ2v) is 6.32. The predicted octanol–water partition coefficient (Wildman–Crippen LogP) is 4.68. The lowest BCUT2D eigenvalue weighted by Crippen LogP contribution is -2.06. The van der Waals surface area contributed by atoms with E-state index in [1.54, 1.807) is 0 Å². The third kappa shape index (κ3) is 2.48. The third-order valence-corrected chi connectivity index (χ3v) is 4.85. The zero-order valence-electron chi connectivity index (χ0n) is 11.7. The molecule has 2 aliphatic carbocycles. The quantitative estimate of drug-likeness (QED) is 0.766. The van der Waals surface area contributed by atoms with Crippen molar-refractivity contribution in [2.75, 3.05) is 0 Å². The average Bonchev–Trinajstić information content (AvgIpc) is 2.73. The predicted molar refractivity (Wildman–Crippen MR) is 75.0 cm³/mol. The molecule has 2 aliphatic rings. The minimum Gasteiger partial charge on any atom is -0.345 e. The van der Waals surface area contributed by atoms with E-state index < -0.39 is 0 Å². The monoisotopic (exact) mass is 246 g/mol. The Hall–Kier alpha value is -0.790. The number of fused-ring (bicyclic) bond motifs is 1. The van der Waals surface area contributed by atoms with Crippen LogP contribution < -0.4 is 0 Å².